The number of H-pyrrole nitrogens is 1. The molecule has 5 rings (SSSR count). The highest BCUT2D eigenvalue weighted by atomic mass is 32.2. The summed E-state index contributed by atoms with van der Waals surface area (Å²) in [5, 5.41) is 12.2. The van der Waals surface area contributed by atoms with Crippen molar-refractivity contribution in [3.63, 3.8) is 0 Å². The number of aromatic amines is 1. The van der Waals surface area contributed by atoms with Crippen LogP contribution in [0.25, 0.3) is 21.6 Å². The molecule has 7 heteroatoms. The topological polar surface area (TPSA) is 63.6 Å². The van der Waals surface area contributed by atoms with Crippen LogP contribution in [0, 0.1) is 0 Å². The summed E-state index contributed by atoms with van der Waals surface area (Å²) < 4.78 is 2.08. The minimum absolute atomic E-state index is 0.0528. The number of Topliss-reactive ketones (excluding diaryl/α,β-unsaturated/α-hetero) is 1. The van der Waals surface area contributed by atoms with Gasteiger partial charge in [0, 0.05) is 29.2 Å². The summed E-state index contributed by atoms with van der Waals surface area (Å²) >= 11 is 3.09. The van der Waals surface area contributed by atoms with Crippen LogP contribution < -0.4 is 0 Å². The molecule has 0 saturated heterocycles. The average Bonchev–Trinajstić information content (AvgIpc) is 3.56. The Labute approximate surface area is 188 Å². The smallest absolute Gasteiger partial charge is 0.192 e. The highest BCUT2D eigenvalue weighted by molar-refractivity contribution is 8.00. The van der Waals surface area contributed by atoms with Crippen molar-refractivity contribution in [1.82, 2.24) is 19.7 Å². The molecule has 154 valence electrons. The molecule has 5 nitrogen and oxygen atoms in total. The first-order valence-electron chi connectivity index (χ1n) is 10.0. The van der Waals surface area contributed by atoms with Gasteiger partial charge in [-0.1, -0.05) is 66.4 Å². The number of rotatable bonds is 7. The number of hydrogen-bond acceptors (Lipinski definition) is 5. The van der Waals surface area contributed by atoms with E-state index in [-0.39, 0.29) is 5.78 Å². The normalized spacial score (nSPS) is 12.3. The molecule has 0 saturated carbocycles. The van der Waals surface area contributed by atoms with Crippen LogP contribution in [0.3, 0.4) is 0 Å². The molecule has 0 aliphatic heterocycles. The number of fused-ring (bicyclic) bond motifs is 1. The zero-order valence-corrected chi connectivity index (χ0v) is 18.5. The van der Waals surface area contributed by atoms with E-state index in [1.165, 1.54) is 11.8 Å². The van der Waals surface area contributed by atoms with Gasteiger partial charge in [0.15, 0.2) is 16.8 Å². The van der Waals surface area contributed by atoms with Gasteiger partial charge >= 0.3 is 0 Å². The molecule has 1 N–H and O–H groups in total. The van der Waals surface area contributed by atoms with Gasteiger partial charge in [-0.05, 0) is 30.0 Å². The Kier molecular flexibility index (Phi) is 5.44. The number of para-hydroxylation sites is 1. The van der Waals surface area contributed by atoms with E-state index < -0.39 is 5.25 Å². The Bertz CT molecular complexity index is 1320. The second kappa shape index (κ2) is 8.53. The Hall–Kier alpha value is -3.16. The zero-order valence-electron chi connectivity index (χ0n) is 16.9. The highest BCUT2D eigenvalue weighted by Crippen LogP contribution is 2.39. The van der Waals surface area contributed by atoms with Crippen LogP contribution in [0.2, 0.25) is 0 Å². The highest BCUT2D eigenvalue weighted by Gasteiger charge is 2.28. The van der Waals surface area contributed by atoms with Crippen LogP contribution in [-0.4, -0.2) is 25.5 Å². The molecule has 0 unspecified atom stereocenters. The molecule has 0 spiro atoms. The Morgan fingerprint density at radius 2 is 1.87 bits per heavy atom. The third-order valence-corrected chi connectivity index (χ3v) is 7.29. The van der Waals surface area contributed by atoms with Crippen molar-refractivity contribution in [3.05, 3.63) is 89.4 Å². The number of carbonyl (C=O) groups is 1. The summed E-state index contributed by atoms with van der Waals surface area (Å²) in [6.45, 7) is 2.80. The lowest BCUT2D eigenvalue weighted by Crippen LogP contribution is -2.11. The SMILES string of the molecule is CCn1c(S[C@@H](C(=O)c2c[nH]c3ccccc23)c2ccccc2)nnc1-c1cccs1. The van der Waals surface area contributed by atoms with Crippen LogP contribution in [0.5, 0.6) is 0 Å². The maximum absolute atomic E-state index is 13.8. The maximum Gasteiger partial charge on any atom is 0.192 e. The molecule has 0 fully saturated rings. The summed E-state index contributed by atoms with van der Waals surface area (Å²) in [6.07, 6.45) is 1.81. The van der Waals surface area contributed by atoms with Crippen LogP contribution >= 0.6 is 23.1 Å². The van der Waals surface area contributed by atoms with Crippen molar-refractivity contribution in [1.29, 1.82) is 0 Å². The lowest BCUT2D eigenvalue weighted by Gasteiger charge is -2.16. The second-order valence-corrected chi connectivity index (χ2v) is 9.07. The van der Waals surface area contributed by atoms with E-state index in [9.17, 15) is 4.79 Å². The molecule has 0 bridgehead atoms. The van der Waals surface area contributed by atoms with E-state index in [1.54, 1.807) is 11.3 Å². The van der Waals surface area contributed by atoms with Crippen molar-refractivity contribution in [2.24, 2.45) is 0 Å². The van der Waals surface area contributed by atoms with Gasteiger partial charge in [0.05, 0.1) is 4.88 Å². The number of nitrogens with one attached hydrogen (secondary N) is 1. The number of nitrogens with zero attached hydrogens (tertiary/aromatic N) is 3. The molecular formula is C24H20N4OS2. The Morgan fingerprint density at radius 3 is 2.65 bits per heavy atom. The van der Waals surface area contributed by atoms with E-state index in [2.05, 4.69) is 26.7 Å². The van der Waals surface area contributed by atoms with E-state index in [0.717, 1.165) is 38.9 Å². The van der Waals surface area contributed by atoms with Gasteiger partial charge in [0.25, 0.3) is 0 Å². The fourth-order valence-electron chi connectivity index (χ4n) is 3.67. The zero-order chi connectivity index (χ0) is 21.2. The molecule has 3 heterocycles. The van der Waals surface area contributed by atoms with Crippen LogP contribution in [0.15, 0.2) is 83.5 Å². The molecule has 0 aliphatic carbocycles. The average molecular weight is 445 g/mol. The van der Waals surface area contributed by atoms with Crippen LogP contribution in [0.4, 0.5) is 0 Å². The van der Waals surface area contributed by atoms with Crippen molar-refractivity contribution < 1.29 is 4.79 Å². The molecule has 0 amide bonds. The first-order valence-corrected chi connectivity index (χ1v) is 11.8. The number of thioether (sulfide) groups is 1. The molecule has 5 aromatic rings. The lowest BCUT2D eigenvalue weighted by atomic mass is 10.0. The molecule has 2 aromatic carbocycles. The Balaban J connectivity index is 1.56. The number of benzene rings is 2. The quantitative estimate of drug-likeness (QED) is 0.239. The van der Waals surface area contributed by atoms with E-state index in [4.69, 9.17) is 0 Å². The lowest BCUT2D eigenvalue weighted by molar-refractivity contribution is 0.0991. The minimum Gasteiger partial charge on any atom is -0.360 e. The van der Waals surface area contributed by atoms with Crippen LogP contribution in [-0.2, 0) is 6.54 Å². The van der Waals surface area contributed by atoms with Gasteiger partial charge in [0.2, 0.25) is 0 Å². The maximum atomic E-state index is 13.8. The fraction of sp³-hybridized carbons (Fsp3) is 0.125. The number of hydrogen-bond donors (Lipinski definition) is 1. The van der Waals surface area contributed by atoms with E-state index in [1.807, 2.05) is 78.3 Å². The number of aromatic nitrogens is 4. The summed E-state index contributed by atoms with van der Waals surface area (Å²) in [6, 6.07) is 21.8. The van der Waals surface area contributed by atoms with E-state index >= 15 is 0 Å². The molecule has 31 heavy (non-hydrogen) atoms. The van der Waals surface area contributed by atoms with Crippen molar-refractivity contribution >= 4 is 39.8 Å². The molecule has 0 aliphatic rings. The largest absolute Gasteiger partial charge is 0.360 e. The van der Waals surface area contributed by atoms with Gasteiger partial charge in [-0.25, -0.2) is 0 Å². The van der Waals surface area contributed by atoms with Crippen molar-refractivity contribution in [3.8, 4) is 10.7 Å². The van der Waals surface area contributed by atoms with E-state index in [0.29, 0.717) is 5.56 Å². The predicted molar refractivity (Wildman–Crippen MR) is 127 cm³/mol. The molecular weight excluding hydrogens is 424 g/mol. The van der Waals surface area contributed by atoms with Gasteiger partial charge in [0.1, 0.15) is 5.25 Å². The molecule has 1 atom stereocenters. The Morgan fingerprint density at radius 1 is 1.06 bits per heavy atom. The molecule has 0 radical (unpaired) electrons. The standard InChI is InChI=1S/C24H20N4OS2/c1-2-28-23(20-13-8-14-30-20)26-27-24(28)31-22(16-9-4-3-5-10-16)21(29)18-15-25-19-12-7-6-11-17(18)19/h3-15,22,25H,2H2,1H3/t22-/m1/s1. The second-order valence-electron chi connectivity index (χ2n) is 7.05. The van der Waals surface area contributed by atoms with Crippen LogP contribution in [0.1, 0.15) is 28.1 Å². The predicted octanol–water partition coefficient (Wildman–Crippen LogP) is 6.22. The third kappa shape index (κ3) is 3.71. The summed E-state index contributed by atoms with van der Waals surface area (Å²) in [5.41, 5.74) is 2.60. The first-order chi connectivity index (χ1) is 15.3. The minimum atomic E-state index is -0.425. The van der Waals surface area contributed by atoms with Crippen molar-refractivity contribution in [2.45, 2.75) is 23.9 Å². The van der Waals surface area contributed by atoms with Gasteiger partial charge in [-0.3, -0.25) is 4.79 Å². The summed E-state index contributed by atoms with van der Waals surface area (Å²) in [5.74, 6) is 0.892. The fourth-order valence-corrected chi connectivity index (χ4v) is 5.56. The van der Waals surface area contributed by atoms with Gasteiger partial charge < -0.3 is 9.55 Å². The monoisotopic (exact) mass is 444 g/mol. The number of ketones is 1. The molecule has 3 aromatic heterocycles. The summed E-state index contributed by atoms with van der Waals surface area (Å²) in [4.78, 5) is 18.1. The van der Waals surface area contributed by atoms with Gasteiger partial charge in [-0.15, -0.1) is 21.5 Å². The van der Waals surface area contributed by atoms with Gasteiger partial charge in [-0.2, -0.15) is 0 Å². The third-order valence-electron chi connectivity index (χ3n) is 5.19. The van der Waals surface area contributed by atoms with Crippen molar-refractivity contribution in [2.75, 3.05) is 0 Å². The first kappa shape index (κ1) is 19.8. The number of carbonyl (C=O) groups excluding carboxylic acids is 1. The summed E-state index contributed by atoms with van der Waals surface area (Å²) in [7, 11) is 0. The number of thiophene rings is 1.